The molecule has 2 aliphatic heterocycles. The number of benzene rings is 1. The summed E-state index contributed by atoms with van der Waals surface area (Å²) in [4.78, 5) is 14.9. The first-order valence-electron chi connectivity index (χ1n) is 12.7. The predicted octanol–water partition coefficient (Wildman–Crippen LogP) is 4.13. The quantitative estimate of drug-likeness (QED) is 0.645. The van der Waals surface area contributed by atoms with Crippen molar-refractivity contribution in [2.24, 2.45) is 5.92 Å². The second-order valence-electron chi connectivity index (χ2n) is 10.3. The van der Waals surface area contributed by atoms with Crippen LogP contribution >= 0.6 is 0 Å². The molecule has 1 N–H and O–H groups in total. The lowest BCUT2D eigenvalue weighted by Crippen LogP contribution is -2.38. The van der Waals surface area contributed by atoms with Crippen LogP contribution in [0.15, 0.2) is 12.1 Å². The Balaban J connectivity index is 1.38. The predicted molar refractivity (Wildman–Crippen MR) is 133 cm³/mol. The molecule has 5 rings (SSSR count). The van der Waals surface area contributed by atoms with E-state index in [9.17, 15) is 0 Å². The Hall–Kier alpha value is -2.12. The molecule has 3 aliphatic rings. The van der Waals surface area contributed by atoms with Crippen molar-refractivity contribution >= 4 is 16.9 Å². The Morgan fingerprint density at radius 1 is 1.03 bits per heavy atom. The molecule has 1 aromatic carbocycles. The molecule has 180 valence electrons. The lowest BCUT2D eigenvalue weighted by Gasteiger charge is -2.34. The maximum absolute atomic E-state index is 6.33. The molecule has 3 heterocycles. The van der Waals surface area contributed by atoms with Gasteiger partial charge >= 0.3 is 0 Å². The summed E-state index contributed by atoms with van der Waals surface area (Å²) in [6.45, 7) is 9.88. The monoisotopic (exact) mass is 453 g/mol. The number of methoxy groups -OCH3 is 1. The molecule has 3 fully saturated rings. The Kier molecular flexibility index (Phi) is 6.61. The summed E-state index contributed by atoms with van der Waals surface area (Å²) in [5.41, 5.74) is 2.06. The van der Waals surface area contributed by atoms with Crippen LogP contribution in [0.25, 0.3) is 10.9 Å². The van der Waals surface area contributed by atoms with Gasteiger partial charge < -0.3 is 19.7 Å². The minimum absolute atomic E-state index is 0.431. The molecule has 33 heavy (non-hydrogen) atoms. The van der Waals surface area contributed by atoms with E-state index in [2.05, 4.69) is 41.1 Å². The number of fused-ring (bicyclic) bond motifs is 1. The Bertz CT molecular complexity index is 969. The molecule has 0 unspecified atom stereocenters. The Labute approximate surface area is 197 Å². The van der Waals surface area contributed by atoms with E-state index >= 15 is 0 Å². The maximum Gasteiger partial charge on any atom is 0.223 e. The molecule has 7 nitrogen and oxygen atoms in total. The Morgan fingerprint density at radius 3 is 2.48 bits per heavy atom. The van der Waals surface area contributed by atoms with Gasteiger partial charge in [-0.15, -0.1) is 0 Å². The van der Waals surface area contributed by atoms with E-state index in [1.165, 1.54) is 25.8 Å². The molecule has 1 aromatic heterocycles. The number of rotatable bonds is 8. The van der Waals surface area contributed by atoms with Crippen molar-refractivity contribution in [3.63, 3.8) is 0 Å². The number of ether oxygens (including phenoxy) is 2. The van der Waals surface area contributed by atoms with Crippen LogP contribution in [0.2, 0.25) is 0 Å². The molecule has 0 bridgehead atoms. The number of nitrogens with zero attached hydrogens (tertiary/aromatic N) is 4. The van der Waals surface area contributed by atoms with Gasteiger partial charge in [-0.25, -0.2) is 9.97 Å². The van der Waals surface area contributed by atoms with Crippen LogP contribution in [-0.4, -0.2) is 78.8 Å². The molecule has 0 amide bonds. The number of hydrogen-bond acceptors (Lipinski definition) is 7. The number of anilines is 1. The van der Waals surface area contributed by atoms with Gasteiger partial charge in [0.1, 0.15) is 0 Å². The highest BCUT2D eigenvalue weighted by atomic mass is 16.5. The largest absolute Gasteiger partial charge is 0.493 e. The fourth-order valence-corrected chi connectivity index (χ4v) is 5.52. The molecular weight excluding hydrogens is 414 g/mol. The molecule has 0 radical (unpaired) electrons. The van der Waals surface area contributed by atoms with E-state index in [0.717, 1.165) is 73.2 Å². The van der Waals surface area contributed by atoms with Crippen LogP contribution in [0.1, 0.15) is 57.6 Å². The lowest BCUT2D eigenvalue weighted by atomic mass is 9.90. The van der Waals surface area contributed by atoms with E-state index in [1.54, 1.807) is 7.11 Å². The van der Waals surface area contributed by atoms with Gasteiger partial charge in [-0.05, 0) is 71.7 Å². The number of hydrogen-bond donors (Lipinski definition) is 1. The molecular formula is C26H39N5O2. The third-order valence-electron chi connectivity index (χ3n) is 7.74. The summed E-state index contributed by atoms with van der Waals surface area (Å²) in [7, 11) is 3.61. The number of piperidine rings is 1. The van der Waals surface area contributed by atoms with Crippen molar-refractivity contribution in [1.82, 2.24) is 19.8 Å². The zero-order valence-electron chi connectivity index (χ0n) is 20.6. The minimum Gasteiger partial charge on any atom is -0.493 e. The summed E-state index contributed by atoms with van der Waals surface area (Å²) in [6.07, 6.45) is 6.20. The summed E-state index contributed by atoms with van der Waals surface area (Å²) >= 11 is 0. The standard InChI is InChI=1S/C26H39N5O2/c1-17(2)30-11-8-19(9-12-30)25-21-13-23(32-4)24(14-22(21)28-26(27-3)29-25)33-16-18-7-10-31(15-18)20-5-6-20/h13-14,17-20H,5-12,15-16H2,1-4H3,(H,27,28,29)/t18-/m1/s1. The van der Waals surface area contributed by atoms with Crippen LogP contribution in [0, 0.1) is 5.92 Å². The number of nitrogens with one attached hydrogen (secondary N) is 1. The molecule has 0 spiro atoms. The summed E-state index contributed by atoms with van der Waals surface area (Å²) in [5.74, 6) is 3.26. The van der Waals surface area contributed by atoms with Crippen LogP contribution < -0.4 is 14.8 Å². The minimum atomic E-state index is 0.431. The summed E-state index contributed by atoms with van der Waals surface area (Å²) in [6, 6.07) is 5.58. The van der Waals surface area contributed by atoms with Crippen molar-refractivity contribution < 1.29 is 9.47 Å². The maximum atomic E-state index is 6.33. The zero-order valence-corrected chi connectivity index (χ0v) is 20.6. The molecule has 7 heteroatoms. The topological polar surface area (TPSA) is 62.8 Å². The van der Waals surface area contributed by atoms with Crippen molar-refractivity contribution in [1.29, 1.82) is 0 Å². The highest BCUT2D eigenvalue weighted by molar-refractivity contribution is 5.86. The average Bonchev–Trinajstić information content (AvgIpc) is 3.59. The number of aromatic nitrogens is 2. The van der Waals surface area contributed by atoms with E-state index in [1.807, 2.05) is 7.05 Å². The second kappa shape index (κ2) is 9.63. The zero-order chi connectivity index (χ0) is 22.9. The third kappa shape index (κ3) is 4.90. The fourth-order valence-electron chi connectivity index (χ4n) is 5.52. The average molecular weight is 454 g/mol. The first kappa shape index (κ1) is 22.7. The first-order chi connectivity index (χ1) is 16.1. The van der Waals surface area contributed by atoms with Crippen molar-refractivity contribution in [3.8, 4) is 11.5 Å². The molecule has 1 saturated carbocycles. The van der Waals surface area contributed by atoms with Crippen molar-refractivity contribution in [3.05, 3.63) is 17.8 Å². The van der Waals surface area contributed by atoms with Crippen LogP contribution in [0.5, 0.6) is 11.5 Å². The smallest absolute Gasteiger partial charge is 0.223 e. The summed E-state index contributed by atoms with van der Waals surface area (Å²) in [5, 5.41) is 4.25. The van der Waals surface area contributed by atoms with E-state index < -0.39 is 0 Å². The summed E-state index contributed by atoms with van der Waals surface area (Å²) < 4.78 is 12.1. The van der Waals surface area contributed by atoms with Crippen LogP contribution in [-0.2, 0) is 0 Å². The van der Waals surface area contributed by atoms with Crippen molar-refractivity contribution in [2.45, 2.75) is 64.0 Å². The highest BCUT2D eigenvalue weighted by Crippen LogP contribution is 2.39. The number of likely N-dealkylation sites (tertiary alicyclic amines) is 2. The van der Waals surface area contributed by atoms with Gasteiger partial charge in [0.2, 0.25) is 5.95 Å². The van der Waals surface area contributed by atoms with Crippen LogP contribution in [0.4, 0.5) is 5.95 Å². The third-order valence-corrected chi connectivity index (χ3v) is 7.74. The molecule has 2 aromatic rings. The van der Waals surface area contributed by atoms with Gasteiger partial charge in [-0.2, -0.15) is 0 Å². The van der Waals surface area contributed by atoms with Gasteiger partial charge in [0.05, 0.1) is 24.9 Å². The van der Waals surface area contributed by atoms with E-state index in [0.29, 0.717) is 23.8 Å². The molecule has 1 atom stereocenters. The lowest BCUT2D eigenvalue weighted by molar-refractivity contribution is 0.171. The van der Waals surface area contributed by atoms with Gasteiger partial charge in [0.25, 0.3) is 0 Å². The second-order valence-corrected chi connectivity index (χ2v) is 10.3. The fraction of sp³-hybridized carbons (Fsp3) is 0.692. The normalized spacial score (nSPS) is 22.9. The van der Waals surface area contributed by atoms with Gasteiger partial charge in [0.15, 0.2) is 11.5 Å². The highest BCUT2D eigenvalue weighted by Gasteiger charge is 2.34. The molecule has 1 aliphatic carbocycles. The first-order valence-corrected chi connectivity index (χ1v) is 12.7. The van der Waals surface area contributed by atoms with E-state index in [4.69, 9.17) is 19.4 Å². The van der Waals surface area contributed by atoms with Crippen LogP contribution in [0.3, 0.4) is 0 Å². The van der Waals surface area contributed by atoms with E-state index in [-0.39, 0.29) is 0 Å². The SMILES string of the molecule is CNc1nc(C2CCN(C(C)C)CC2)c2cc(OC)c(OC[C@@H]3CCN(C4CC4)C3)cc2n1. The van der Waals surface area contributed by atoms with Crippen molar-refractivity contribution in [2.75, 3.05) is 52.3 Å². The molecule has 2 saturated heterocycles. The Morgan fingerprint density at radius 2 is 1.82 bits per heavy atom. The van der Waals surface area contributed by atoms with Gasteiger partial charge in [-0.1, -0.05) is 0 Å². The van der Waals surface area contributed by atoms with Gasteiger partial charge in [-0.3, -0.25) is 4.90 Å². The van der Waals surface area contributed by atoms with Gasteiger partial charge in [0, 0.05) is 49.0 Å².